The highest BCUT2D eigenvalue weighted by Crippen LogP contribution is 2.48. The number of hydrogen-bond donors (Lipinski definition) is 1. The molecule has 1 rings (SSSR count). The fourth-order valence-electron chi connectivity index (χ4n) is 3.20. The standard InChI is InChI=1S/C21H34O2/c1-18(2,3)14-21(9,19(4,5)6)16-12-10-15(11-13-16)17(22)20(7,8)23/h10-13,23H,14H2,1-9H3. The first kappa shape index (κ1) is 19.9. The molecule has 0 aliphatic carbocycles. The number of carbonyl (C=O) groups is 1. The molecular formula is C21H34O2. The predicted octanol–water partition coefficient (Wildman–Crippen LogP) is 5.38. The molecule has 0 radical (unpaired) electrons. The zero-order valence-corrected chi connectivity index (χ0v) is 16.4. The summed E-state index contributed by atoms with van der Waals surface area (Å²) in [5.41, 5.74) is 0.786. The van der Waals surface area contributed by atoms with Gasteiger partial charge in [-0.05, 0) is 42.1 Å². The molecule has 0 aromatic heterocycles. The number of rotatable bonds is 4. The lowest BCUT2D eigenvalue weighted by Crippen LogP contribution is -2.40. The minimum Gasteiger partial charge on any atom is -0.382 e. The fraction of sp³-hybridized carbons (Fsp3) is 0.667. The molecule has 2 heteroatoms. The predicted molar refractivity (Wildman–Crippen MR) is 97.9 cm³/mol. The van der Waals surface area contributed by atoms with Gasteiger partial charge in [0.1, 0.15) is 5.60 Å². The van der Waals surface area contributed by atoms with Crippen LogP contribution in [-0.2, 0) is 5.41 Å². The normalized spacial score (nSPS) is 16.1. The third-order valence-electron chi connectivity index (χ3n) is 4.88. The van der Waals surface area contributed by atoms with Crippen molar-refractivity contribution in [2.45, 2.75) is 79.8 Å². The SMILES string of the molecule is CC(C)(C)CC(C)(c1ccc(C(=O)C(C)(C)O)cc1)C(C)(C)C. The lowest BCUT2D eigenvalue weighted by atomic mass is 9.58. The van der Waals surface area contributed by atoms with Crippen LogP contribution in [0.3, 0.4) is 0 Å². The van der Waals surface area contributed by atoms with Gasteiger partial charge >= 0.3 is 0 Å². The van der Waals surface area contributed by atoms with Gasteiger partial charge in [0, 0.05) is 5.56 Å². The summed E-state index contributed by atoms with van der Waals surface area (Å²) in [6.45, 7) is 19.0. The molecule has 130 valence electrons. The van der Waals surface area contributed by atoms with Crippen LogP contribution in [-0.4, -0.2) is 16.5 Å². The molecule has 0 saturated carbocycles. The second-order valence-corrected chi connectivity index (χ2v) is 9.79. The number of ketones is 1. The highest BCUT2D eigenvalue weighted by molar-refractivity contribution is 6.01. The van der Waals surface area contributed by atoms with Crippen molar-refractivity contribution in [2.75, 3.05) is 0 Å². The van der Waals surface area contributed by atoms with Crippen LogP contribution in [0.25, 0.3) is 0 Å². The van der Waals surface area contributed by atoms with Crippen LogP contribution in [0.5, 0.6) is 0 Å². The van der Waals surface area contributed by atoms with E-state index in [9.17, 15) is 9.90 Å². The van der Waals surface area contributed by atoms with Crippen molar-refractivity contribution in [1.82, 2.24) is 0 Å². The number of benzene rings is 1. The van der Waals surface area contributed by atoms with Gasteiger partial charge in [0.25, 0.3) is 0 Å². The lowest BCUT2D eigenvalue weighted by Gasteiger charge is -2.46. The summed E-state index contributed by atoms with van der Waals surface area (Å²) in [5.74, 6) is -0.239. The molecule has 1 aromatic carbocycles. The van der Waals surface area contributed by atoms with E-state index in [2.05, 4.69) is 60.6 Å². The van der Waals surface area contributed by atoms with Crippen molar-refractivity contribution in [3.8, 4) is 0 Å². The summed E-state index contributed by atoms with van der Waals surface area (Å²) in [4.78, 5) is 12.2. The molecule has 0 aliphatic rings. The van der Waals surface area contributed by atoms with Crippen molar-refractivity contribution in [3.05, 3.63) is 35.4 Å². The Hall–Kier alpha value is -1.15. The summed E-state index contributed by atoms with van der Waals surface area (Å²) in [7, 11) is 0. The van der Waals surface area contributed by atoms with Crippen LogP contribution in [0.2, 0.25) is 0 Å². The van der Waals surface area contributed by atoms with Crippen LogP contribution in [0.4, 0.5) is 0 Å². The molecule has 0 saturated heterocycles. The van der Waals surface area contributed by atoms with E-state index in [0.717, 1.165) is 6.42 Å². The molecule has 0 spiro atoms. The fourth-order valence-corrected chi connectivity index (χ4v) is 3.20. The Balaban J connectivity index is 3.28. The van der Waals surface area contributed by atoms with Gasteiger partial charge in [0.15, 0.2) is 5.78 Å². The Labute approximate surface area is 142 Å². The van der Waals surface area contributed by atoms with Gasteiger partial charge in [-0.3, -0.25) is 4.79 Å². The molecule has 0 amide bonds. The highest BCUT2D eigenvalue weighted by atomic mass is 16.3. The second-order valence-electron chi connectivity index (χ2n) is 9.79. The first-order chi connectivity index (χ1) is 10.1. The van der Waals surface area contributed by atoms with Crippen LogP contribution < -0.4 is 0 Å². The van der Waals surface area contributed by atoms with Crippen molar-refractivity contribution >= 4 is 5.78 Å². The Morgan fingerprint density at radius 3 is 1.61 bits per heavy atom. The molecule has 0 fully saturated rings. The van der Waals surface area contributed by atoms with Crippen LogP contribution in [0.1, 0.15) is 84.7 Å². The monoisotopic (exact) mass is 318 g/mol. The maximum absolute atomic E-state index is 12.2. The van der Waals surface area contributed by atoms with E-state index in [4.69, 9.17) is 0 Å². The quantitative estimate of drug-likeness (QED) is 0.757. The van der Waals surface area contributed by atoms with Gasteiger partial charge < -0.3 is 5.11 Å². The average Bonchev–Trinajstić information content (AvgIpc) is 2.33. The van der Waals surface area contributed by atoms with E-state index in [1.165, 1.54) is 19.4 Å². The van der Waals surface area contributed by atoms with E-state index in [-0.39, 0.29) is 22.0 Å². The summed E-state index contributed by atoms with van der Waals surface area (Å²) in [6.07, 6.45) is 1.06. The Morgan fingerprint density at radius 2 is 1.30 bits per heavy atom. The van der Waals surface area contributed by atoms with Crippen LogP contribution >= 0.6 is 0 Å². The molecule has 23 heavy (non-hydrogen) atoms. The van der Waals surface area contributed by atoms with Gasteiger partial charge in [-0.2, -0.15) is 0 Å². The maximum Gasteiger partial charge on any atom is 0.193 e. The topological polar surface area (TPSA) is 37.3 Å². The molecule has 1 unspecified atom stereocenters. The van der Waals surface area contributed by atoms with Crippen LogP contribution in [0, 0.1) is 10.8 Å². The van der Waals surface area contributed by atoms with Gasteiger partial charge in [0.05, 0.1) is 0 Å². The lowest BCUT2D eigenvalue weighted by molar-refractivity contribution is 0.0488. The molecule has 0 heterocycles. The van der Waals surface area contributed by atoms with Gasteiger partial charge in [-0.15, -0.1) is 0 Å². The van der Waals surface area contributed by atoms with Crippen molar-refractivity contribution in [2.24, 2.45) is 10.8 Å². The summed E-state index contributed by atoms with van der Waals surface area (Å²) < 4.78 is 0. The Morgan fingerprint density at radius 1 is 0.870 bits per heavy atom. The first-order valence-corrected chi connectivity index (χ1v) is 8.46. The number of aliphatic hydroxyl groups is 1. The maximum atomic E-state index is 12.2. The summed E-state index contributed by atoms with van der Waals surface area (Å²) >= 11 is 0. The van der Waals surface area contributed by atoms with Crippen molar-refractivity contribution < 1.29 is 9.90 Å². The van der Waals surface area contributed by atoms with Crippen molar-refractivity contribution in [1.29, 1.82) is 0 Å². The largest absolute Gasteiger partial charge is 0.382 e. The molecule has 1 N–H and O–H groups in total. The molecule has 0 bridgehead atoms. The number of carbonyl (C=O) groups excluding carboxylic acids is 1. The smallest absolute Gasteiger partial charge is 0.193 e. The minimum absolute atomic E-state index is 0.00155. The molecule has 2 nitrogen and oxygen atoms in total. The third-order valence-corrected chi connectivity index (χ3v) is 4.88. The van der Waals surface area contributed by atoms with Gasteiger partial charge in [-0.1, -0.05) is 72.7 Å². The minimum atomic E-state index is -1.33. The zero-order valence-electron chi connectivity index (χ0n) is 16.4. The Kier molecular flexibility index (Phi) is 5.23. The Bertz CT molecular complexity index is 547. The zero-order chi connectivity index (χ0) is 18.3. The average molecular weight is 319 g/mol. The van der Waals surface area contributed by atoms with Crippen molar-refractivity contribution in [3.63, 3.8) is 0 Å². The van der Waals surface area contributed by atoms with Gasteiger partial charge in [0.2, 0.25) is 0 Å². The summed E-state index contributed by atoms with van der Waals surface area (Å²) in [5, 5.41) is 9.90. The second kappa shape index (κ2) is 6.05. The highest BCUT2D eigenvalue weighted by Gasteiger charge is 2.41. The number of Topliss-reactive ketones (excluding diaryl/α,β-unsaturated/α-hetero) is 1. The van der Waals surface area contributed by atoms with E-state index in [0.29, 0.717) is 5.56 Å². The molecule has 1 aromatic rings. The molecular weight excluding hydrogens is 284 g/mol. The van der Waals surface area contributed by atoms with E-state index >= 15 is 0 Å². The third kappa shape index (κ3) is 4.67. The summed E-state index contributed by atoms with van der Waals surface area (Å²) in [6, 6.07) is 7.80. The van der Waals surface area contributed by atoms with Gasteiger partial charge in [-0.25, -0.2) is 0 Å². The molecule has 1 atom stereocenters. The van der Waals surface area contributed by atoms with E-state index in [1.807, 2.05) is 12.1 Å². The first-order valence-electron chi connectivity index (χ1n) is 8.46. The van der Waals surface area contributed by atoms with E-state index < -0.39 is 5.60 Å². The van der Waals surface area contributed by atoms with Crippen LogP contribution in [0.15, 0.2) is 24.3 Å². The molecule has 0 aliphatic heterocycles. The number of hydrogen-bond acceptors (Lipinski definition) is 2. The van der Waals surface area contributed by atoms with E-state index in [1.54, 1.807) is 0 Å².